The van der Waals surface area contributed by atoms with Gasteiger partial charge in [-0.1, -0.05) is 0 Å². The largest absolute Gasteiger partial charge is 0.501 e. The highest BCUT2D eigenvalue weighted by atomic mass is 35.5. The molecule has 0 aliphatic rings. The maximum atomic E-state index is 5.75. The van der Waals surface area contributed by atoms with Gasteiger partial charge in [-0.2, -0.15) is 0 Å². The highest BCUT2D eigenvalue weighted by Crippen LogP contribution is 2.08. The third-order valence-corrected chi connectivity index (χ3v) is 1.73. The molecule has 4 nitrogen and oxygen atoms in total. The Hall–Kier alpha value is -1.13. The van der Waals surface area contributed by atoms with Gasteiger partial charge in [0.15, 0.2) is 0 Å². The van der Waals surface area contributed by atoms with Crippen molar-refractivity contribution in [3.8, 4) is 0 Å². The highest BCUT2D eigenvalue weighted by Gasteiger charge is 2.00. The average molecular weight is 229 g/mol. The molecule has 0 atom stereocenters. The van der Waals surface area contributed by atoms with E-state index in [0.29, 0.717) is 18.9 Å². The molecule has 82 valence electrons. The summed E-state index contributed by atoms with van der Waals surface area (Å²) in [5.41, 5.74) is 1.45. The number of rotatable bonds is 5. The van der Waals surface area contributed by atoms with Crippen LogP contribution in [-0.4, -0.2) is 23.7 Å². The van der Waals surface area contributed by atoms with E-state index in [1.165, 1.54) is 0 Å². The van der Waals surface area contributed by atoms with Gasteiger partial charge in [-0.05, 0) is 30.7 Å². The zero-order valence-corrected chi connectivity index (χ0v) is 9.49. The summed E-state index contributed by atoms with van der Waals surface area (Å²) in [6.07, 6.45) is 3.31. The van der Waals surface area contributed by atoms with Crippen molar-refractivity contribution in [2.75, 3.05) is 13.7 Å². The van der Waals surface area contributed by atoms with E-state index in [-0.39, 0.29) is 5.28 Å². The Kier molecular flexibility index (Phi) is 5.07. The van der Waals surface area contributed by atoms with Crippen molar-refractivity contribution < 1.29 is 9.47 Å². The van der Waals surface area contributed by atoms with Crippen molar-refractivity contribution in [3.63, 3.8) is 0 Å². The minimum atomic E-state index is 0.209. The van der Waals surface area contributed by atoms with Crippen molar-refractivity contribution in [3.05, 3.63) is 29.0 Å². The van der Waals surface area contributed by atoms with E-state index in [4.69, 9.17) is 21.1 Å². The van der Waals surface area contributed by atoms with Gasteiger partial charge in [-0.3, -0.25) is 0 Å². The predicted molar refractivity (Wildman–Crippen MR) is 58.4 cm³/mol. The summed E-state index contributed by atoms with van der Waals surface area (Å²) < 4.78 is 10.0. The van der Waals surface area contributed by atoms with Crippen LogP contribution in [0.25, 0.3) is 6.08 Å². The van der Waals surface area contributed by atoms with Crippen molar-refractivity contribution >= 4 is 17.7 Å². The zero-order chi connectivity index (χ0) is 11.1. The van der Waals surface area contributed by atoms with Gasteiger partial charge in [0, 0.05) is 7.11 Å². The van der Waals surface area contributed by atoms with Gasteiger partial charge in [0.2, 0.25) is 5.28 Å². The quantitative estimate of drug-likeness (QED) is 0.573. The Balaban J connectivity index is 2.78. The average Bonchev–Trinajstić information content (AvgIpc) is 2.18. The maximum absolute atomic E-state index is 5.75. The molecule has 0 spiro atoms. The lowest BCUT2D eigenvalue weighted by molar-refractivity contribution is 0.181. The third kappa shape index (κ3) is 4.27. The first-order valence-electron chi connectivity index (χ1n) is 4.56. The summed E-state index contributed by atoms with van der Waals surface area (Å²) in [4.78, 5) is 8.03. The second-order valence-corrected chi connectivity index (χ2v) is 3.08. The van der Waals surface area contributed by atoms with Gasteiger partial charge >= 0.3 is 0 Å². The smallest absolute Gasteiger partial charge is 0.223 e. The molecule has 0 bridgehead atoms. The molecule has 15 heavy (non-hydrogen) atoms. The Bertz CT molecular complexity index is 342. The summed E-state index contributed by atoms with van der Waals surface area (Å²) in [6.45, 7) is 2.95. The molecule has 0 amide bonds. The van der Waals surface area contributed by atoms with Gasteiger partial charge in [0.1, 0.15) is 0 Å². The first-order chi connectivity index (χ1) is 7.26. The predicted octanol–water partition coefficient (Wildman–Crippen LogP) is 2.28. The summed E-state index contributed by atoms with van der Waals surface area (Å²) in [7, 11) is 1.60. The van der Waals surface area contributed by atoms with Crippen LogP contribution in [0.1, 0.15) is 18.3 Å². The van der Waals surface area contributed by atoms with Crippen molar-refractivity contribution in [2.45, 2.75) is 13.5 Å². The third-order valence-electron chi connectivity index (χ3n) is 1.57. The van der Waals surface area contributed by atoms with E-state index >= 15 is 0 Å². The van der Waals surface area contributed by atoms with Crippen LogP contribution in [0, 0.1) is 0 Å². The maximum Gasteiger partial charge on any atom is 0.223 e. The van der Waals surface area contributed by atoms with Crippen LogP contribution >= 0.6 is 11.6 Å². The SMILES string of the molecule is CCOC=Cc1cc(COC)nc(Cl)n1. The molecule has 1 aromatic heterocycles. The van der Waals surface area contributed by atoms with Gasteiger partial charge in [0.25, 0.3) is 0 Å². The fourth-order valence-electron chi connectivity index (χ4n) is 1.01. The normalized spacial score (nSPS) is 10.9. The van der Waals surface area contributed by atoms with Crippen LogP contribution in [0.4, 0.5) is 0 Å². The molecular formula is C10H13ClN2O2. The summed E-state index contributed by atoms with van der Waals surface area (Å²) in [5.74, 6) is 0. The molecule has 1 aromatic rings. The Morgan fingerprint density at radius 2 is 2.27 bits per heavy atom. The van der Waals surface area contributed by atoms with E-state index in [1.54, 1.807) is 25.5 Å². The fourth-order valence-corrected chi connectivity index (χ4v) is 1.21. The van der Waals surface area contributed by atoms with Gasteiger partial charge in [-0.25, -0.2) is 9.97 Å². The fraction of sp³-hybridized carbons (Fsp3) is 0.400. The minimum absolute atomic E-state index is 0.209. The molecule has 0 aliphatic carbocycles. The van der Waals surface area contributed by atoms with Gasteiger partial charge in [-0.15, -0.1) is 0 Å². The zero-order valence-electron chi connectivity index (χ0n) is 8.74. The van der Waals surface area contributed by atoms with E-state index < -0.39 is 0 Å². The summed E-state index contributed by atoms with van der Waals surface area (Å²) in [6, 6.07) is 1.80. The van der Waals surface area contributed by atoms with Crippen LogP contribution in [0.15, 0.2) is 12.3 Å². The Morgan fingerprint density at radius 3 is 2.93 bits per heavy atom. The van der Waals surface area contributed by atoms with E-state index in [0.717, 1.165) is 5.69 Å². The number of ether oxygens (including phenoxy) is 2. The van der Waals surface area contributed by atoms with Crippen LogP contribution < -0.4 is 0 Å². The van der Waals surface area contributed by atoms with Crippen molar-refractivity contribution in [1.82, 2.24) is 9.97 Å². The lowest BCUT2D eigenvalue weighted by Crippen LogP contribution is -1.96. The number of methoxy groups -OCH3 is 1. The standard InChI is InChI=1S/C10H13ClN2O2/c1-3-15-5-4-8-6-9(7-14-2)13-10(11)12-8/h4-6H,3,7H2,1-2H3. The molecule has 0 aromatic carbocycles. The van der Waals surface area contributed by atoms with Crippen LogP contribution in [0.5, 0.6) is 0 Å². The summed E-state index contributed by atoms with van der Waals surface area (Å²) >= 11 is 5.75. The molecule has 0 fully saturated rings. The van der Waals surface area contributed by atoms with Crippen LogP contribution in [0.3, 0.4) is 0 Å². The van der Waals surface area contributed by atoms with Crippen molar-refractivity contribution in [2.24, 2.45) is 0 Å². The van der Waals surface area contributed by atoms with E-state index in [9.17, 15) is 0 Å². The molecule has 0 radical (unpaired) electrons. The number of aromatic nitrogens is 2. The monoisotopic (exact) mass is 228 g/mol. The molecule has 0 N–H and O–H groups in total. The van der Waals surface area contributed by atoms with Crippen molar-refractivity contribution in [1.29, 1.82) is 0 Å². The number of hydrogen-bond acceptors (Lipinski definition) is 4. The molecule has 0 saturated heterocycles. The lowest BCUT2D eigenvalue weighted by Gasteiger charge is -2.01. The van der Waals surface area contributed by atoms with Crippen LogP contribution in [0.2, 0.25) is 5.28 Å². The molecule has 0 unspecified atom stereocenters. The molecule has 0 aliphatic heterocycles. The first kappa shape index (κ1) is 11.9. The van der Waals surface area contributed by atoms with Gasteiger partial charge < -0.3 is 9.47 Å². The molecular weight excluding hydrogens is 216 g/mol. The number of halogens is 1. The van der Waals surface area contributed by atoms with Crippen LogP contribution in [-0.2, 0) is 16.1 Å². The Morgan fingerprint density at radius 1 is 1.47 bits per heavy atom. The first-order valence-corrected chi connectivity index (χ1v) is 4.94. The molecule has 5 heteroatoms. The number of nitrogens with zero attached hydrogens (tertiary/aromatic N) is 2. The lowest BCUT2D eigenvalue weighted by atomic mass is 10.3. The highest BCUT2D eigenvalue weighted by molar-refractivity contribution is 6.28. The topological polar surface area (TPSA) is 44.2 Å². The second-order valence-electron chi connectivity index (χ2n) is 2.74. The Labute approximate surface area is 93.9 Å². The second kappa shape index (κ2) is 6.37. The molecule has 1 heterocycles. The summed E-state index contributed by atoms with van der Waals surface area (Å²) in [5, 5.41) is 0.209. The number of hydrogen-bond donors (Lipinski definition) is 0. The van der Waals surface area contributed by atoms with E-state index in [1.807, 2.05) is 6.92 Å². The molecule has 1 rings (SSSR count). The van der Waals surface area contributed by atoms with Gasteiger partial charge in [0.05, 0.1) is 30.9 Å². The van der Waals surface area contributed by atoms with E-state index in [2.05, 4.69) is 9.97 Å². The molecule has 0 saturated carbocycles. The minimum Gasteiger partial charge on any atom is -0.501 e.